The van der Waals surface area contributed by atoms with E-state index in [1.807, 2.05) is 4.90 Å². The summed E-state index contributed by atoms with van der Waals surface area (Å²) in [5, 5.41) is 1.07. The van der Waals surface area contributed by atoms with Gasteiger partial charge in [-0.25, -0.2) is 13.6 Å². The Morgan fingerprint density at radius 1 is 1.00 bits per heavy atom. The van der Waals surface area contributed by atoms with Gasteiger partial charge in [0, 0.05) is 38.8 Å². The molecule has 2 aliphatic heterocycles. The molecule has 0 unspecified atom stereocenters. The molecule has 2 fully saturated rings. The zero-order chi connectivity index (χ0) is 27.0. The van der Waals surface area contributed by atoms with Crippen LogP contribution in [-0.4, -0.2) is 79.5 Å². The van der Waals surface area contributed by atoms with Gasteiger partial charge in [0.25, 0.3) is 11.1 Å². The number of hydrogen-bond acceptors (Lipinski definition) is 5. The summed E-state index contributed by atoms with van der Waals surface area (Å²) in [5.74, 6) is -0.936. The van der Waals surface area contributed by atoms with Gasteiger partial charge < -0.3 is 19.4 Å². The molecular formula is C27H26F2N4O4S. The predicted octanol–water partition coefficient (Wildman–Crippen LogP) is 4.39. The molecule has 11 heteroatoms. The second-order valence-corrected chi connectivity index (χ2v) is 9.78. The average Bonchev–Trinajstić information content (AvgIpc) is 3.27. The molecule has 0 saturated carbocycles. The molecular weight excluding hydrogens is 514 g/mol. The summed E-state index contributed by atoms with van der Waals surface area (Å²) in [4.78, 5) is 43.0. The van der Waals surface area contributed by atoms with Crippen molar-refractivity contribution in [1.82, 2.24) is 9.80 Å². The highest BCUT2D eigenvalue weighted by molar-refractivity contribution is 7.96. The number of likely N-dealkylation sites (N-methyl/N-ethyl adjacent to an activating group) is 1. The van der Waals surface area contributed by atoms with E-state index in [9.17, 15) is 18.8 Å². The third-order valence-electron chi connectivity index (χ3n) is 6.88. The highest BCUT2D eigenvalue weighted by atomic mass is 32.1. The number of nitrogens with zero attached hydrogens (tertiary/aromatic N) is 4. The quantitative estimate of drug-likeness (QED) is 0.486. The Labute approximate surface area is 223 Å². The van der Waals surface area contributed by atoms with Gasteiger partial charge in [0.1, 0.15) is 17.7 Å². The molecule has 3 aromatic rings. The van der Waals surface area contributed by atoms with Crippen LogP contribution in [-0.2, 0) is 4.74 Å². The Morgan fingerprint density at radius 3 is 2.42 bits per heavy atom. The summed E-state index contributed by atoms with van der Waals surface area (Å²) < 4.78 is 33.9. The van der Waals surface area contributed by atoms with Crippen molar-refractivity contribution in [2.45, 2.75) is 6.10 Å². The topological polar surface area (TPSA) is 73.4 Å². The molecule has 198 valence electrons. The number of carbonyl (C=O) groups excluding carboxylic acids is 3. The Hall–Kier alpha value is -3.86. The van der Waals surface area contributed by atoms with E-state index in [0.717, 1.165) is 10.8 Å². The molecule has 3 aromatic carbocycles. The van der Waals surface area contributed by atoms with Gasteiger partial charge in [-0.05, 0) is 53.2 Å². The Kier molecular flexibility index (Phi) is 7.11. The first-order valence-corrected chi connectivity index (χ1v) is 12.6. The minimum absolute atomic E-state index is 0.126. The van der Waals surface area contributed by atoms with Crippen LogP contribution in [0.4, 0.5) is 29.7 Å². The lowest BCUT2D eigenvalue weighted by Gasteiger charge is -2.36. The molecule has 5 rings (SSSR count). The number of hydrogen-bond donors (Lipinski definition) is 1. The number of piperazine rings is 1. The summed E-state index contributed by atoms with van der Waals surface area (Å²) in [6, 6.07) is 14.2. The maximum absolute atomic E-state index is 15.1. The van der Waals surface area contributed by atoms with Crippen LogP contribution in [0.1, 0.15) is 10.4 Å². The van der Waals surface area contributed by atoms with Gasteiger partial charge in [0.05, 0.1) is 24.5 Å². The van der Waals surface area contributed by atoms with E-state index in [-0.39, 0.29) is 24.8 Å². The third kappa shape index (κ3) is 5.24. The molecule has 2 heterocycles. The molecule has 0 N–H and O–H groups in total. The first kappa shape index (κ1) is 25.8. The molecule has 2 saturated heterocycles. The molecule has 1 atom stereocenters. The lowest BCUT2D eigenvalue weighted by Crippen LogP contribution is -2.49. The summed E-state index contributed by atoms with van der Waals surface area (Å²) >= 11 is 3.75. The molecule has 0 spiro atoms. The Morgan fingerprint density at radius 2 is 1.71 bits per heavy atom. The molecule has 2 aliphatic rings. The highest BCUT2D eigenvalue weighted by Crippen LogP contribution is 2.29. The number of carbonyl (C=O) groups is 3. The van der Waals surface area contributed by atoms with Crippen molar-refractivity contribution in [2.24, 2.45) is 0 Å². The van der Waals surface area contributed by atoms with Gasteiger partial charge in [-0.3, -0.25) is 14.5 Å². The summed E-state index contributed by atoms with van der Waals surface area (Å²) in [7, 11) is 1.55. The van der Waals surface area contributed by atoms with Crippen LogP contribution in [0.5, 0.6) is 0 Å². The van der Waals surface area contributed by atoms with E-state index in [1.165, 1.54) is 28.0 Å². The minimum Gasteiger partial charge on any atom is -0.442 e. The molecule has 8 nitrogen and oxygen atoms in total. The molecule has 38 heavy (non-hydrogen) atoms. The summed E-state index contributed by atoms with van der Waals surface area (Å²) in [6.07, 6.45) is -1.14. The van der Waals surface area contributed by atoms with Gasteiger partial charge in [0.15, 0.2) is 0 Å². The van der Waals surface area contributed by atoms with Crippen LogP contribution in [0.3, 0.4) is 0 Å². The van der Waals surface area contributed by atoms with Crippen molar-refractivity contribution in [3.8, 4) is 0 Å². The van der Waals surface area contributed by atoms with Crippen LogP contribution in [0.25, 0.3) is 10.8 Å². The fourth-order valence-corrected chi connectivity index (χ4v) is 4.90. The van der Waals surface area contributed by atoms with E-state index in [1.54, 1.807) is 48.3 Å². The number of cyclic esters (lactones) is 1. The fraction of sp³-hybridized carbons (Fsp3) is 0.296. The van der Waals surface area contributed by atoms with Crippen molar-refractivity contribution in [2.75, 3.05) is 56.1 Å². The number of thiol groups is 1. The number of amides is 3. The zero-order valence-corrected chi connectivity index (χ0v) is 21.5. The molecule has 0 bridgehead atoms. The normalized spacial score (nSPS) is 17.6. The first-order chi connectivity index (χ1) is 18.2. The van der Waals surface area contributed by atoms with Crippen LogP contribution >= 0.6 is 12.6 Å². The van der Waals surface area contributed by atoms with Gasteiger partial charge >= 0.3 is 6.09 Å². The number of ether oxygens (including phenoxy) is 1. The summed E-state index contributed by atoms with van der Waals surface area (Å²) in [6.45, 7) is 2.09. The largest absolute Gasteiger partial charge is 0.442 e. The van der Waals surface area contributed by atoms with E-state index in [2.05, 4.69) is 12.6 Å². The van der Waals surface area contributed by atoms with Crippen molar-refractivity contribution >= 4 is 52.0 Å². The average molecular weight is 541 g/mol. The van der Waals surface area contributed by atoms with E-state index >= 15 is 4.39 Å². The number of fused-ring (bicyclic) bond motifs is 1. The molecule has 0 radical (unpaired) electrons. The zero-order valence-electron chi connectivity index (χ0n) is 20.6. The number of halogens is 2. The highest BCUT2D eigenvalue weighted by Gasteiger charge is 2.34. The smallest absolute Gasteiger partial charge is 0.414 e. The maximum atomic E-state index is 15.1. The summed E-state index contributed by atoms with van der Waals surface area (Å²) in [5.41, 5.74) is 1.27. The van der Waals surface area contributed by atoms with Crippen molar-refractivity contribution in [1.29, 1.82) is 0 Å². The third-order valence-corrected chi connectivity index (χ3v) is 7.22. The second-order valence-electron chi connectivity index (χ2n) is 9.40. The maximum Gasteiger partial charge on any atom is 0.414 e. The SMILES string of the molecule is CN(C[C@@H]1CN(c2ccc(N3CCN(C(=O)c4ccc5cc(F)ccc5c4)CC3)c(F)c2)C(=O)O1)C(=O)S. The first-order valence-electron chi connectivity index (χ1n) is 12.1. The predicted molar refractivity (Wildman–Crippen MR) is 143 cm³/mol. The lowest BCUT2D eigenvalue weighted by atomic mass is 10.1. The van der Waals surface area contributed by atoms with E-state index in [4.69, 9.17) is 4.74 Å². The minimum atomic E-state index is -0.604. The number of anilines is 2. The van der Waals surface area contributed by atoms with Gasteiger partial charge in [0.2, 0.25) is 0 Å². The van der Waals surface area contributed by atoms with Gasteiger partial charge in [-0.15, -0.1) is 0 Å². The van der Waals surface area contributed by atoms with Crippen LogP contribution in [0.15, 0.2) is 54.6 Å². The lowest BCUT2D eigenvalue weighted by molar-refractivity contribution is 0.0746. The molecule has 3 amide bonds. The standard InChI is InChI=1S/C27H26F2N4O4S/c1-30(27(36)38)15-22-16-33(26(35)37-22)21-6-7-24(23(29)14-21)31-8-10-32(11-9-31)25(34)19-3-2-18-13-20(28)5-4-17(18)12-19/h2-7,12-14,22H,8-11,15-16H2,1H3,(H,36,38)/t22-/m1/s1. The monoisotopic (exact) mass is 540 g/mol. The fourth-order valence-electron chi connectivity index (χ4n) is 4.81. The van der Waals surface area contributed by atoms with Crippen LogP contribution in [0, 0.1) is 11.6 Å². The van der Waals surface area contributed by atoms with Crippen LogP contribution < -0.4 is 9.80 Å². The van der Waals surface area contributed by atoms with E-state index < -0.39 is 23.3 Å². The number of benzene rings is 3. The Balaban J connectivity index is 1.21. The van der Waals surface area contributed by atoms with Gasteiger partial charge in [-0.1, -0.05) is 24.8 Å². The molecule has 0 aromatic heterocycles. The van der Waals surface area contributed by atoms with E-state index in [0.29, 0.717) is 43.1 Å². The number of rotatable bonds is 5. The van der Waals surface area contributed by atoms with Crippen molar-refractivity contribution in [3.63, 3.8) is 0 Å². The van der Waals surface area contributed by atoms with Crippen molar-refractivity contribution < 1.29 is 27.9 Å². The second kappa shape index (κ2) is 10.5. The molecule has 0 aliphatic carbocycles. The van der Waals surface area contributed by atoms with Crippen LogP contribution in [0.2, 0.25) is 0 Å². The Bertz CT molecular complexity index is 1410. The van der Waals surface area contributed by atoms with Crippen molar-refractivity contribution in [3.05, 3.63) is 71.8 Å². The van der Waals surface area contributed by atoms with Gasteiger partial charge in [-0.2, -0.15) is 0 Å².